The van der Waals surface area contributed by atoms with Gasteiger partial charge in [0.1, 0.15) is 0 Å². The topological polar surface area (TPSA) is 52.8 Å². The molecule has 0 radical (unpaired) electrons. The number of ether oxygens (including phenoxy) is 1. The Bertz CT molecular complexity index is 556. The standard InChI is InChI=1S/C20H32N4O/c1-25-17-13-8-6-4-2-3-5-7-12-16-20-21-22-23-24(20)18-19-14-10-9-11-15-19/h9-11,14-15H,2-8,12-13,16-18H2,1H3. The Hall–Kier alpha value is -1.75. The lowest BCUT2D eigenvalue weighted by atomic mass is 10.1. The summed E-state index contributed by atoms with van der Waals surface area (Å²) in [6, 6.07) is 10.4. The number of aromatic nitrogens is 4. The monoisotopic (exact) mass is 344 g/mol. The van der Waals surface area contributed by atoms with Crippen LogP contribution in [-0.4, -0.2) is 33.9 Å². The third-order valence-electron chi connectivity index (χ3n) is 4.53. The number of hydrogen-bond acceptors (Lipinski definition) is 4. The van der Waals surface area contributed by atoms with Crippen LogP contribution in [0.2, 0.25) is 0 Å². The van der Waals surface area contributed by atoms with Crippen LogP contribution in [0.1, 0.15) is 69.2 Å². The summed E-state index contributed by atoms with van der Waals surface area (Å²) in [5.41, 5.74) is 1.24. The first-order valence-electron chi connectivity index (χ1n) is 9.68. The molecular formula is C20H32N4O. The van der Waals surface area contributed by atoms with Crippen LogP contribution in [0.25, 0.3) is 0 Å². The fourth-order valence-electron chi connectivity index (χ4n) is 3.05. The van der Waals surface area contributed by atoms with Gasteiger partial charge in [-0.3, -0.25) is 0 Å². The Morgan fingerprint density at radius 1 is 0.840 bits per heavy atom. The lowest BCUT2D eigenvalue weighted by Crippen LogP contribution is -2.07. The van der Waals surface area contributed by atoms with Gasteiger partial charge >= 0.3 is 0 Å². The highest BCUT2D eigenvalue weighted by Crippen LogP contribution is 2.11. The van der Waals surface area contributed by atoms with Gasteiger partial charge in [-0.1, -0.05) is 75.3 Å². The van der Waals surface area contributed by atoms with Gasteiger partial charge in [0.2, 0.25) is 0 Å². The molecule has 0 spiro atoms. The van der Waals surface area contributed by atoms with Crippen molar-refractivity contribution in [3.05, 3.63) is 41.7 Å². The van der Waals surface area contributed by atoms with E-state index in [1.807, 2.05) is 10.7 Å². The third-order valence-corrected chi connectivity index (χ3v) is 4.53. The van der Waals surface area contributed by atoms with Gasteiger partial charge in [0.25, 0.3) is 0 Å². The number of hydrogen-bond donors (Lipinski definition) is 0. The first-order chi connectivity index (χ1) is 12.4. The third kappa shape index (κ3) is 8.25. The molecule has 25 heavy (non-hydrogen) atoms. The molecule has 0 bridgehead atoms. The van der Waals surface area contributed by atoms with E-state index in [0.29, 0.717) is 0 Å². The number of nitrogens with zero attached hydrogens (tertiary/aromatic N) is 4. The maximum Gasteiger partial charge on any atom is 0.151 e. The van der Waals surface area contributed by atoms with E-state index in [-0.39, 0.29) is 0 Å². The summed E-state index contributed by atoms with van der Waals surface area (Å²) in [5.74, 6) is 1.00. The molecule has 0 aliphatic rings. The summed E-state index contributed by atoms with van der Waals surface area (Å²) < 4.78 is 7.00. The van der Waals surface area contributed by atoms with Crippen molar-refractivity contribution >= 4 is 0 Å². The van der Waals surface area contributed by atoms with Crippen molar-refractivity contribution in [3.8, 4) is 0 Å². The van der Waals surface area contributed by atoms with Crippen molar-refractivity contribution in [2.45, 2.75) is 70.8 Å². The molecule has 1 aromatic carbocycles. The van der Waals surface area contributed by atoms with E-state index in [0.717, 1.165) is 25.4 Å². The van der Waals surface area contributed by atoms with Gasteiger partial charge in [-0.25, -0.2) is 4.68 Å². The molecule has 138 valence electrons. The average Bonchev–Trinajstić information content (AvgIpc) is 3.07. The molecule has 0 aliphatic carbocycles. The summed E-state index contributed by atoms with van der Waals surface area (Å²) in [6.45, 7) is 1.66. The molecule has 2 rings (SSSR count). The number of unbranched alkanes of at least 4 members (excludes halogenated alkanes) is 8. The van der Waals surface area contributed by atoms with E-state index < -0.39 is 0 Å². The zero-order valence-corrected chi connectivity index (χ0v) is 15.6. The molecule has 1 aromatic heterocycles. The maximum atomic E-state index is 5.07. The minimum Gasteiger partial charge on any atom is -0.385 e. The van der Waals surface area contributed by atoms with Crippen LogP contribution >= 0.6 is 0 Å². The highest BCUT2D eigenvalue weighted by Gasteiger charge is 2.06. The van der Waals surface area contributed by atoms with Crippen molar-refractivity contribution < 1.29 is 4.74 Å². The summed E-state index contributed by atoms with van der Waals surface area (Å²) in [5, 5.41) is 12.2. The van der Waals surface area contributed by atoms with Crippen LogP contribution in [0.4, 0.5) is 0 Å². The van der Waals surface area contributed by atoms with Crippen LogP contribution < -0.4 is 0 Å². The predicted molar refractivity (Wildman–Crippen MR) is 100 cm³/mol. The lowest BCUT2D eigenvalue weighted by molar-refractivity contribution is 0.192. The second-order valence-corrected chi connectivity index (χ2v) is 6.66. The first kappa shape index (κ1) is 19.6. The Morgan fingerprint density at radius 2 is 1.48 bits per heavy atom. The number of methoxy groups -OCH3 is 1. The van der Waals surface area contributed by atoms with Crippen molar-refractivity contribution in [1.29, 1.82) is 0 Å². The molecule has 2 aromatic rings. The maximum absolute atomic E-state index is 5.07. The number of tetrazole rings is 1. The SMILES string of the molecule is COCCCCCCCCCCCc1nnnn1Cc1ccccc1. The average molecular weight is 345 g/mol. The zero-order chi connectivity index (χ0) is 17.6. The van der Waals surface area contributed by atoms with Crippen molar-refractivity contribution in [2.24, 2.45) is 0 Å². The van der Waals surface area contributed by atoms with E-state index in [4.69, 9.17) is 4.74 Å². The quantitative estimate of drug-likeness (QED) is 0.476. The molecule has 0 unspecified atom stereocenters. The first-order valence-corrected chi connectivity index (χ1v) is 9.68. The van der Waals surface area contributed by atoms with Crippen LogP contribution in [0.5, 0.6) is 0 Å². The zero-order valence-electron chi connectivity index (χ0n) is 15.6. The second-order valence-electron chi connectivity index (χ2n) is 6.66. The smallest absolute Gasteiger partial charge is 0.151 e. The van der Waals surface area contributed by atoms with Gasteiger partial charge in [0.15, 0.2) is 5.82 Å². The summed E-state index contributed by atoms with van der Waals surface area (Å²) >= 11 is 0. The molecular weight excluding hydrogens is 312 g/mol. The summed E-state index contributed by atoms with van der Waals surface area (Å²) in [6.07, 6.45) is 12.6. The molecule has 0 N–H and O–H groups in total. The Balaban J connectivity index is 1.52. The van der Waals surface area contributed by atoms with Crippen molar-refractivity contribution in [3.63, 3.8) is 0 Å². The molecule has 0 atom stereocenters. The fourth-order valence-corrected chi connectivity index (χ4v) is 3.05. The summed E-state index contributed by atoms with van der Waals surface area (Å²) in [4.78, 5) is 0. The number of rotatable bonds is 14. The molecule has 1 heterocycles. The fraction of sp³-hybridized carbons (Fsp3) is 0.650. The minimum absolute atomic E-state index is 0.756. The van der Waals surface area contributed by atoms with Crippen molar-refractivity contribution in [1.82, 2.24) is 20.2 Å². The molecule has 0 saturated heterocycles. The Labute approximate surface area is 151 Å². The summed E-state index contributed by atoms with van der Waals surface area (Å²) in [7, 11) is 1.78. The highest BCUT2D eigenvalue weighted by atomic mass is 16.5. The normalized spacial score (nSPS) is 11.1. The highest BCUT2D eigenvalue weighted by molar-refractivity contribution is 5.14. The number of benzene rings is 1. The molecule has 0 fully saturated rings. The van der Waals surface area contributed by atoms with E-state index in [2.05, 4.69) is 39.8 Å². The predicted octanol–water partition coefficient (Wildman–Crippen LogP) is 4.42. The Kier molecular flexibility index (Phi) is 9.86. The Morgan fingerprint density at radius 3 is 2.16 bits per heavy atom. The van der Waals surface area contributed by atoms with Gasteiger partial charge < -0.3 is 4.74 Å². The van der Waals surface area contributed by atoms with Crippen LogP contribution in [0.15, 0.2) is 30.3 Å². The minimum atomic E-state index is 0.756. The van der Waals surface area contributed by atoms with Gasteiger partial charge in [-0.05, 0) is 28.8 Å². The van der Waals surface area contributed by atoms with Gasteiger partial charge in [-0.15, -0.1) is 5.10 Å². The molecule has 0 aliphatic heterocycles. The lowest BCUT2D eigenvalue weighted by Gasteiger charge is -2.05. The van der Waals surface area contributed by atoms with Crippen molar-refractivity contribution in [2.75, 3.05) is 13.7 Å². The van der Waals surface area contributed by atoms with E-state index >= 15 is 0 Å². The number of aryl methyl sites for hydroxylation is 1. The molecule has 0 amide bonds. The molecule has 5 nitrogen and oxygen atoms in total. The van der Waals surface area contributed by atoms with E-state index in [1.165, 1.54) is 63.4 Å². The van der Waals surface area contributed by atoms with Gasteiger partial charge in [0, 0.05) is 20.1 Å². The van der Waals surface area contributed by atoms with Crippen LogP contribution in [-0.2, 0) is 17.7 Å². The van der Waals surface area contributed by atoms with Gasteiger partial charge in [0.05, 0.1) is 6.54 Å². The van der Waals surface area contributed by atoms with Crippen LogP contribution in [0.3, 0.4) is 0 Å². The largest absolute Gasteiger partial charge is 0.385 e. The van der Waals surface area contributed by atoms with Gasteiger partial charge in [-0.2, -0.15) is 0 Å². The van der Waals surface area contributed by atoms with E-state index in [1.54, 1.807) is 7.11 Å². The molecule has 0 saturated carbocycles. The molecule has 5 heteroatoms. The second kappa shape index (κ2) is 12.6. The van der Waals surface area contributed by atoms with E-state index in [9.17, 15) is 0 Å². The van der Waals surface area contributed by atoms with Crippen LogP contribution in [0, 0.1) is 0 Å².